The molecule has 0 aliphatic heterocycles. The highest BCUT2D eigenvalue weighted by Crippen LogP contribution is 2.17. The summed E-state index contributed by atoms with van der Waals surface area (Å²) in [5.74, 6) is 0.0354. The van der Waals surface area contributed by atoms with Crippen molar-refractivity contribution < 1.29 is 0 Å². The maximum absolute atomic E-state index is 5.27. The summed E-state index contributed by atoms with van der Waals surface area (Å²) >= 11 is 0. The Morgan fingerprint density at radius 2 is 1.86 bits per heavy atom. The fourth-order valence-corrected chi connectivity index (χ4v) is 1.14. The van der Waals surface area contributed by atoms with Crippen LogP contribution >= 0.6 is 0 Å². The summed E-state index contributed by atoms with van der Waals surface area (Å²) in [5, 5.41) is 0. The predicted octanol–water partition coefficient (Wildman–Crippen LogP) is 1.55. The maximum atomic E-state index is 5.27. The molecule has 4 N–H and O–H groups in total. The fourth-order valence-electron chi connectivity index (χ4n) is 1.14. The van der Waals surface area contributed by atoms with Crippen LogP contribution in [0.15, 0.2) is 29.8 Å². The smallest absolute Gasteiger partial charge is 0.191 e. The van der Waals surface area contributed by atoms with Gasteiger partial charge in [-0.25, -0.2) is 4.99 Å². The van der Waals surface area contributed by atoms with Crippen molar-refractivity contribution in [3.63, 3.8) is 0 Å². The van der Waals surface area contributed by atoms with E-state index in [-0.39, 0.29) is 5.96 Å². The normalized spacial score (nSPS) is 9.57. The van der Waals surface area contributed by atoms with Crippen LogP contribution in [0.5, 0.6) is 0 Å². The minimum atomic E-state index is 0.0354. The zero-order valence-corrected chi connectivity index (χ0v) is 8.54. The van der Waals surface area contributed by atoms with Crippen molar-refractivity contribution in [2.45, 2.75) is 13.8 Å². The molecule has 0 unspecified atom stereocenters. The van der Waals surface area contributed by atoms with Crippen LogP contribution in [0.4, 0.5) is 0 Å². The first-order valence-electron chi connectivity index (χ1n) is 4.37. The van der Waals surface area contributed by atoms with Crippen LogP contribution in [0.2, 0.25) is 0 Å². The van der Waals surface area contributed by atoms with E-state index in [0.29, 0.717) is 5.70 Å². The lowest BCUT2D eigenvalue weighted by atomic mass is 10.1. The number of benzene rings is 1. The number of aryl methyl sites for hydroxylation is 2. The zero-order chi connectivity index (χ0) is 10.7. The van der Waals surface area contributed by atoms with Gasteiger partial charge in [-0.15, -0.1) is 0 Å². The van der Waals surface area contributed by atoms with Gasteiger partial charge in [-0.1, -0.05) is 18.7 Å². The lowest BCUT2D eigenvalue weighted by molar-refractivity contribution is 1.32. The van der Waals surface area contributed by atoms with Crippen LogP contribution < -0.4 is 11.5 Å². The molecule has 74 valence electrons. The van der Waals surface area contributed by atoms with Crippen molar-refractivity contribution in [1.82, 2.24) is 0 Å². The van der Waals surface area contributed by atoms with E-state index in [9.17, 15) is 0 Å². The molecule has 1 rings (SSSR count). The summed E-state index contributed by atoms with van der Waals surface area (Å²) in [4.78, 5) is 3.90. The molecular weight excluding hydrogens is 174 g/mol. The Morgan fingerprint density at radius 1 is 1.21 bits per heavy atom. The Morgan fingerprint density at radius 3 is 2.36 bits per heavy atom. The van der Waals surface area contributed by atoms with Crippen LogP contribution in [0, 0.1) is 13.8 Å². The summed E-state index contributed by atoms with van der Waals surface area (Å²) < 4.78 is 0. The Kier molecular flexibility index (Phi) is 2.92. The van der Waals surface area contributed by atoms with Crippen LogP contribution in [0.1, 0.15) is 16.7 Å². The molecule has 0 saturated heterocycles. The van der Waals surface area contributed by atoms with Gasteiger partial charge in [0.1, 0.15) is 0 Å². The highest BCUT2D eigenvalue weighted by molar-refractivity contribution is 5.83. The molecule has 0 aromatic heterocycles. The number of hydrogen-bond acceptors (Lipinski definition) is 1. The molecule has 0 bridgehead atoms. The van der Waals surface area contributed by atoms with Gasteiger partial charge < -0.3 is 11.5 Å². The van der Waals surface area contributed by atoms with Gasteiger partial charge in [-0.3, -0.25) is 0 Å². The van der Waals surface area contributed by atoms with E-state index in [1.807, 2.05) is 25.1 Å². The van der Waals surface area contributed by atoms with Crippen molar-refractivity contribution in [2.24, 2.45) is 16.5 Å². The van der Waals surface area contributed by atoms with E-state index in [0.717, 1.165) is 5.56 Å². The summed E-state index contributed by atoms with van der Waals surface area (Å²) in [5.41, 5.74) is 14.5. The second-order valence-corrected chi connectivity index (χ2v) is 3.28. The summed E-state index contributed by atoms with van der Waals surface area (Å²) in [6.45, 7) is 7.89. The van der Waals surface area contributed by atoms with Gasteiger partial charge in [0.15, 0.2) is 5.96 Å². The topological polar surface area (TPSA) is 64.4 Å². The minimum absolute atomic E-state index is 0.0354. The molecule has 3 heteroatoms. The van der Waals surface area contributed by atoms with Crippen molar-refractivity contribution in [2.75, 3.05) is 0 Å². The maximum Gasteiger partial charge on any atom is 0.191 e. The van der Waals surface area contributed by atoms with Crippen LogP contribution in [0.3, 0.4) is 0 Å². The van der Waals surface area contributed by atoms with E-state index in [2.05, 4.69) is 18.5 Å². The third-order valence-electron chi connectivity index (χ3n) is 2.10. The van der Waals surface area contributed by atoms with Gasteiger partial charge in [0.2, 0.25) is 0 Å². The molecule has 0 atom stereocenters. The summed E-state index contributed by atoms with van der Waals surface area (Å²) in [7, 11) is 0. The Labute approximate surface area is 84.1 Å². The molecule has 0 saturated carbocycles. The summed E-state index contributed by atoms with van der Waals surface area (Å²) in [6, 6.07) is 6.00. The molecule has 1 aromatic rings. The van der Waals surface area contributed by atoms with Gasteiger partial charge in [-0.2, -0.15) is 0 Å². The molecule has 0 amide bonds. The summed E-state index contributed by atoms with van der Waals surface area (Å²) in [6.07, 6.45) is 0. The number of hydrogen-bond donors (Lipinski definition) is 2. The zero-order valence-electron chi connectivity index (χ0n) is 8.54. The molecule has 0 aliphatic rings. The van der Waals surface area contributed by atoms with Gasteiger partial charge in [-0.05, 0) is 36.6 Å². The average Bonchev–Trinajstić information content (AvgIpc) is 2.08. The Hall–Kier alpha value is -1.77. The number of nitrogens with zero attached hydrogens (tertiary/aromatic N) is 1. The molecule has 3 nitrogen and oxygen atoms in total. The minimum Gasteiger partial charge on any atom is -0.370 e. The number of rotatable bonds is 2. The monoisotopic (exact) mass is 189 g/mol. The lowest BCUT2D eigenvalue weighted by Gasteiger charge is -2.04. The second kappa shape index (κ2) is 3.96. The van der Waals surface area contributed by atoms with Gasteiger partial charge >= 0.3 is 0 Å². The van der Waals surface area contributed by atoms with E-state index < -0.39 is 0 Å². The van der Waals surface area contributed by atoms with E-state index >= 15 is 0 Å². The standard InChI is InChI=1S/C11H15N3/c1-7-4-5-10(6-8(7)2)9(3)14-11(12)13/h4-6H,3H2,1-2H3,(H4,12,13,14). The largest absolute Gasteiger partial charge is 0.370 e. The predicted molar refractivity (Wildman–Crippen MR) is 60.8 cm³/mol. The van der Waals surface area contributed by atoms with Crippen molar-refractivity contribution in [3.8, 4) is 0 Å². The first-order chi connectivity index (χ1) is 6.50. The molecule has 0 fully saturated rings. The molecular formula is C11H15N3. The third kappa shape index (κ3) is 2.36. The lowest BCUT2D eigenvalue weighted by Crippen LogP contribution is -2.22. The first-order valence-corrected chi connectivity index (χ1v) is 4.37. The van der Waals surface area contributed by atoms with Gasteiger partial charge in [0.25, 0.3) is 0 Å². The Balaban J connectivity index is 3.03. The molecule has 14 heavy (non-hydrogen) atoms. The average molecular weight is 189 g/mol. The van der Waals surface area contributed by atoms with Crippen molar-refractivity contribution in [1.29, 1.82) is 0 Å². The van der Waals surface area contributed by atoms with Gasteiger partial charge in [0, 0.05) is 0 Å². The highest BCUT2D eigenvalue weighted by Gasteiger charge is 1.99. The fraction of sp³-hybridized carbons (Fsp3) is 0.182. The number of guanidine groups is 1. The Bertz CT molecular complexity index is 388. The van der Waals surface area contributed by atoms with E-state index in [4.69, 9.17) is 11.5 Å². The van der Waals surface area contributed by atoms with Crippen molar-refractivity contribution in [3.05, 3.63) is 41.5 Å². The number of aliphatic imine (C=N–C) groups is 1. The second-order valence-electron chi connectivity index (χ2n) is 3.28. The third-order valence-corrected chi connectivity index (χ3v) is 2.10. The first kappa shape index (κ1) is 10.3. The SMILES string of the molecule is C=C(N=C(N)N)c1ccc(C)c(C)c1. The van der Waals surface area contributed by atoms with Crippen molar-refractivity contribution >= 4 is 11.7 Å². The molecule has 0 radical (unpaired) electrons. The quantitative estimate of drug-likeness (QED) is 0.547. The number of nitrogens with two attached hydrogens (primary N) is 2. The molecule has 1 aromatic carbocycles. The van der Waals surface area contributed by atoms with Crippen LogP contribution in [-0.2, 0) is 0 Å². The van der Waals surface area contributed by atoms with E-state index in [1.54, 1.807) is 0 Å². The molecule has 0 spiro atoms. The van der Waals surface area contributed by atoms with E-state index in [1.165, 1.54) is 11.1 Å². The van der Waals surface area contributed by atoms with Crippen LogP contribution in [-0.4, -0.2) is 5.96 Å². The van der Waals surface area contributed by atoms with Gasteiger partial charge in [0.05, 0.1) is 5.70 Å². The van der Waals surface area contributed by atoms with Crippen LogP contribution in [0.25, 0.3) is 5.70 Å². The molecule has 0 heterocycles. The highest BCUT2D eigenvalue weighted by atomic mass is 15.0. The molecule has 0 aliphatic carbocycles.